The zero-order valence-electron chi connectivity index (χ0n) is 19.5. The monoisotopic (exact) mass is 516 g/mol. The van der Waals surface area contributed by atoms with Gasteiger partial charge in [-0.1, -0.05) is 23.9 Å². The Balaban J connectivity index is 1.63. The van der Waals surface area contributed by atoms with E-state index in [4.69, 9.17) is 4.74 Å². The van der Waals surface area contributed by atoms with Crippen LogP contribution in [0.15, 0.2) is 76.2 Å². The molecule has 2 aliphatic heterocycles. The molecular weight excluding hydrogens is 493 g/mol. The number of alkyl halides is 3. The Bertz CT molecular complexity index is 1240. The number of esters is 1. The lowest BCUT2D eigenvalue weighted by Crippen LogP contribution is -2.38. The molecular formula is C25H23F3N4O3S. The number of halogens is 3. The lowest BCUT2D eigenvalue weighted by Gasteiger charge is -2.36. The topological polar surface area (TPSA) is 83.9 Å². The first-order valence-corrected chi connectivity index (χ1v) is 12.0. The highest BCUT2D eigenvalue weighted by Crippen LogP contribution is 2.45. The summed E-state index contributed by atoms with van der Waals surface area (Å²) in [6.45, 7) is 3.77. The number of nitrogens with one attached hydrogen (secondary N) is 1. The van der Waals surface area contributed by atoms with Gasteiger partial charge in [0.05, 0.1) is 35.9 Å². The second-order valence-electron chi connectivity index (χ2n) is 8.04. The molecule has 0 fully saturated rings. The predicted molar refractivity (Wildman–Crippen MR) is 129 cm³/mol. The molecule has 11 heteroatoms. The number of amides is 1. The van der Waals surface area contributed by atoms with Gasteiger partial charge in [0.25, 0.3) is 0 Å². The largest absolute Gasteiger partial charge is 0.463 e. The van der Waals surface area contributed by atoms with Gasteiger partial charge in [-0.25, -0.2) is 9.79 Å². The van der Waals surface area contributed by atoms with Crippen LogP contribution in [0.4, 0.5) is 13.2 Å². The molecule has 0 bridgehead atoms. The molecule has 0 saturated heterocycles. The number of carbonyl (C=O) groups is 2. The highest BCUT2D eigenvalue weighted by molar-refractivity contribution is 8.16. The number of nitrogens with zero attached hydrogens (tertiary/aromatic N) is 3. The Labute approximate surface area is 210 Å². The number of aromatic nitrogens is 1. The molecule has 0 radical (unpaired) electrons. The molecule has 0 unspecified atom stereocenters. The summed E-state index contributed by atoms with van der Waals surface area (Å²) in [4.78, 5) is 35.9. The van der Waals surface area contributed by atoms with E-state index in [0.717, 1.165) is 17.7 Å². The highest BCUT2D eigenvalue weighted by atomic mass is 32.2. The second kappa shape index (κ2) is 10.6. The Hall–Kier alpha value is -3.60. The van der Waals surface area contributed by atoms with E-state index in [0.29, 0.717) is 28.7 Å². The SMILES string of the molecule is CCOC(=O)C1=C(C)N=C2SC=C(CC(=O)NCc3ccncc3)N2[C@H]1c1ccc(C(F)(F)F)cc1. The normalized spacial score (nSPS) is 17.4. The second-order valence-corrected chi connectivity index (χ2v) is 8.88. The van der Waals surface area contributed by atoms with E-state index in [2.05, 4.69) is 15.3 Å². The summed E-state index contributed by atoms with van der Waals surface area (Å²) in [6.07, 6.45) is -1.24. The van der Waals surface area contributed by atoms with Crippen molar-refractivity contribution in [2.75, 3.05) is 6.61 Å². The maximum Gasteiger partial charge on any atom is 0.416 e. The van der Waals surface area contributed by atoms with Crippen molar-refractivity contribution in [2.24, 2.45) is 4.99 Å². The van der Waals surface area contributed by atoms with Crippen LogP contribution >= 0.6 is 11.8 Å². The molecule has 7 nitrogen and oxygen atoms in total. The molecule has 188 valence electrons. The third kappa shape index (κ3) is 5.46. The van der Waals surface area contributed by atoms with Crippen molar-refractivity contribution >= 4 is 28.8 Å². The minimum atomic E-state index is -4.49. The summed E-state index contributed by atoms with van der Waals surface area (Å²) in [5.74, 6) is -0.865. The van der Waals surface area contributed by atoms with Crippen LogP contribution in [0.3, 0.4) is 0 Å². The van der Waals surface area contributed by atoms with Gasteiger partial charge in [0.2, 0.25) is 5.91 Å². The van der Waals surface area contributed by atoms with Gasteiger partial charge in [-0.15, -0.1) is 0 Å². The number of rotatable bonds is 7. The summed E-state index contributed by atoms with van der Waals surface area (Å²) in [5.41, 5.74) is 1.74. The third-order valence-corrected chi connectivity index (χ3v) is 6.52. The molecule has 2 aliphatic rings. The Morgan fingerprint density at radius 1 is 1.14 bits per heavy atom. The van der Waals surface area contributed by atoms with E-state index in [1.165, 1.54) is 23.9 Å². The van der Waals surface area contributed by atoms with E-state index < -0.39 is 23.8 Å². The Kier molecular flexibility index (Phi) is 7.48. The minimum absolute atomic E-state index is 0.0105. The average molecular weight is 517 g/mol. The predicted octanol–water partition coefficient (Wildman–Crippen LogP) is 4.94. The Morgan fingerprint density at radius 3 is 2.47 bits per heavy atom. The van der Waals surface area contributed by atoms with Gasteiger partial charge < -0.3 is 15.0 Å². The molecule has 0 saturated carbocycles. The van der Waals surface area contributed by atoms with E-state index >= 15 is 0 Å². The van der Waals surface area contributed by atoms with E-state index in [1.54, 1.807) is 48.7 Å². The molecule has 1 aromatic carbocycles. The maximum absolute atomic E-state index is 13.2. The fourth-order valence-electron chi connectivity index (χ4n) is 3.94. The molecule has 2 aromatic rings. The Morgan fingerprint density at radius 2 is 1.83 bits per heavy atom. The maximum atomic E-state index is 13.2. The molecule has 1 atom stereocenters. The number of hydrogen-bond donors (Lipinski definition) is 1. The first-order valence-electron chi connectivity index (χ1n) is 11.1. The molecule has 1 amide bonds. The lowest BCUT2D eigenvalue weighted by molar-refractivity contribution is -0.139. The fourth-order valence-corrected chi connectivity index (χ4v) is 4.90. The van der Waals surface area contributed by atoms with Gasteiger partial charge >= 0.3 is 12.1 Å². The van der Waals surface area contributed by atoms with Crippen molar-refractivity contribution in [1.82, 2.24) is 15.2 Å². The van der Waals surface area contributed by atoms with Crippen molar-refractivity contribution in [3.05, 3.63) is 87.9 Å². The van der Waals surface area contributed by atoms with Crippen LogP contribution in [0.25, 0.3) is 0 Å². The average Bonchev–Trinajstić information content (AvgIpc) is 3.24. The summed E-state index contributed by atoms with van der Waals surface area (Å²) in [6, 6.07) is 7.42. The number of aliphatic imine (C=N–C) groups is 1. The van der Waals surface area contributed by atoms with Gasteiger partial charge in [0.15, 0.2) is 5.17 Å². The zero-order chi connectivity index (χ0) is 25.9. The number of fused-ring (bicyclic) bond motifs is 1. The van der Waals surface area contributed by atoms with Crippen LogP contribution < -0.4 is 5.32 Å². The van der Waals surface area contributed by atoms with E-state index in [-0.39, 0.29) is 24.5 Å². The van der Waals surface area contributed by atoms with Gasteiger partial charge in [0, 0.05) is 24.6 Å². The zero-order valence-corrected chi connectivity index (χ0v) is 20.3. The molecule has 1 N–H and O–H groups in total. The smallest absolute Gasteiger partial charge is 0.416 e. The van der Waals surface area contributed by atoms with Crippen LogP contribution in [0.1, 0.15) is 43.0 Å². The molecule has 1 aromatic heterocycles. The fraction of sp³-hybridized carbons (Fsp3) is 0.280. The quantitative estimate of drug-likeness (QED) is 0.525. The van der Waals surface area contributed by atoms with Crippen molar-refractivity contribution in [1.29, 1.82) is 0 Å². The van der Waals surface area contributed by atoms with Crippen LogP contribution in [0.5, 0.6) is 0 Å². The van der Waals surface area contributed by atoms with Crippen LogP contribution in [-0.2, 0) is 27.0 Å². The number of thioether (sulfide) groups is 1. The van der Waals surface area contributed by atoms with Crippen LogP contribution in [0, 0.1) is 0 Å². The molecule has 0 aliphatic carbocycles. The van der Waals surface area contributed by atoms with E-state index in [9.17, 15) is 22.8 Å². The van der Waals surface area contributed by atoms with Gasteiger partial charge in [-0.2, -0.15) is 13.2 Å². The molecule has 3 heterocycles. The van der Waals surface area contributed by atoms with E-state index in [1.807, 2.05) is 0 Å². The number of hydrogen-bond acceptors (Lipinski definition) is 7. The third-order valence-electron chi connectivity index (χ3n) is 5.63. The minimum Gasteiger partial charge on any atom is -0.463 e. The van der Waals surface area contributed by atoms with Crippen LogP contribution in [-0.4, -0.2) is 33.5 Å². The summed E-state index contributed by atoms with van der Waals surface area (Å²) >= 11 is 1.29. The number of carbonyl (C=O) groups excluding carboxylic acids is 2. The summed E-state index contributed by atoms with van der Waals surface area (Å²) < 4.78 is 44.8. The van der Waals surface area contributed by atoms with Crippen molar-refractivity contribution in [2.45, 2.75) is 39.0 Å². The first-order chi connectivity index (χ1) is 17.2. The summed E-state index contributed by atoms with van der Waals surface area (Å²) in [5, 5.41) is 5.15. The highest BCUT2D eigenvalue weighted by Gasteiger charge is 2.41. The van der Waals surface area contributed by atoms with Gasteiger partial charge in [0.1, 0.15) is 0 Å². The standard InChI is InChI=1S/C25H23F3N4O3S/c1-3-35-23(34)21-15(2)31-24-32(22(21)17-4-6-18(7-5-17)25(26,27)28)19(14-36-24)12-20(33)30-13-16-8-10-29-11-9-16/h4-11,14,22H,3,12-13H2,1-2H3,(H,30,33)/t22-/m0/s1. The number of allylic oxidation sites excluding steroid dienone is 1. The lowest BCUT2D eigenvalue weighted by atomic mass is 9.93. The van der Waals surface area contributed by atoms with Crippen LogP contribution in [0.2, 0.25) is 0 Å². The molecule has 0 spiro atoms. The number of ether oxygens (including phenoxy) is 1. The van der Waals surface area contributed by atoms with Gasteiger partial charge in [-0.05, 0) is 54.6 Å². The molecule has 36 heavy (non-hydrogen) atoms. The van der Waals surface area contributed by atoms with Crippen molar-refractivity contribution in [3.8, 4) is 0 Å². The molecule has 4 rings (SSSR count). The first kappa shape index (κ1) is 25.5. The number of benzene rings is 1. The summed E-state index contributed by atoms with van der Waals surface area (Å²) in [7, 11) is 0. The van der Waals surface area contributed by atoms with Crippen molar-refractivity contribution in [3.63, 3.8) is 0 Å². The van der Waals surface area contributed by atoms with Crippen molar-refractivity contribution < 1.29 is 27.5 Å². The van der Waals surface area contributed by atoms with Gasteiger partial charge in [-0.3, -0.25) is 9.78 Å². The number of amidine groups is 1. The number of pyridine rings is 1.